The zero-order chi connectivity index (χ0) is 22.8. The molecule has 9 heteroatoms. The molecule has 0 atom stereocenters. The van der Waals surface area contributed by atoms with Crippen molar-refractivity contribution in [2.75, 3.05) is 0 Å². The molecule has 162 valence electrons. The number of carbonyl (C=O) groups is 1. The summed E-state index contributed by atoms with van der Waals surface area (Å²) in [5.41, 5.74) is 2.42. The minimum Gasteiger partial charge on any atom is -0.502 e. The second-order valence-corrected chi connectivity index (χ2v) is 7.44. The van der Waals surface area contributed by atoms with Crippen molar-refractivity contribution in [2.24, 2.45) is 0 Å². The lowest BCUT2D eigenvalue weighted by molar-refractivity contribution is -0.136. The number of aromatic amines is 1. The number of hydrogen-bond acceptors (Lipinski definition) is 5. The summed E-state index contributed by atoms with van der Waals surface area (Å²) in [7, 11) is 0. The Hall–Kier alpha value is -4.19. The normalized spacial score (nSPS) is 11.1. The molecule has 0 fully saturated rings. The number of nitrogens with zero attached hydrogens (tertiary/aromatic N) is 3. The van der Waals surface area contributed by atoms with E-state index in [9.17, 15) is 9.18 Å². The van der Waals surface area contributed by atoms with E-state index in [2.05, 4.69) is 20.0 Å². The van der Waals surface area contributed by atoms with Gasteiger partial charge in [-0.1, -0.05) is 5.16 Å². The number of rotatable bonds is 7. The van der Waals surface area contributed by atoms with Crippen molar-refractivity contribution in [1.82, 2.24) is 15.1 Å². The summed E-state index contributed by atoms with van der Waals surface area (Å²) in [6.45, 7) is 11.2. The average Bonchev–Trinajstić information content (AvgIpc) is 3.41. The van der Waals surface area contributed by atoms with Crippen LogP contribution in [0.5, 0.6) is 5.75 Å². The number of hydrogen-bond donors (Lipinski definition) is 2. The predicted octanol–water partition coefficient (Wildman–Crippen LogP) is 5.38. The highest BCUT2D eigenvalue weighted by Gasteiger charge is 2.19. The van der Waals surface area contributed by atoms with E-state index in [1.165, 1.54) is 12.1 Å². The predicted molar refractivity (Wildman–Crippen MR) is 115 cm³/mol. The second kappa shape index (κ2) is 8.51. The zero-order valence-electron chi connectivity index (χ0n) is 17.3. The van der Waals surface area contributed by atoms with Crippen molar-refractivity contribution in [3.63, 3.8) is 0 Å². The Morgan fingerprint density at radius 3 is 2.88 bits per heavy atom. The molecular weight excluding hydrogens is 415 g/mol. The van der Waals surface area contributed by atoms with E-state index in [4.69, 9.17) is 20.9 Å². The molecule has 2 heterocycles. The number of aromatic nitrogens is 3. The Bertz CT molecular complexity index is 1350. The molecule has 4 aromatic rings. The average molecular weight is 434 g/mol. The highest BCUT2D eigenvalue weighted by atomic mass is 19.1. The number of benzene rings is 2. The van der Waals surface area contributed by atoms with E-state index in [0.29, 0.717) is 39.0 Å². The van der Waals surface area contributed by atoms with Crippen LogP contribution >= 0.6 is 0 Å². The van der Waals surface area contributed by atoms with Crippen molar-refractivity contribution in [3.8, 4) is 28.6 Å². The van der Waals surface area contributed by atoms with Gasteiger partial charge in [-0.2, -0.15) is 4.98 Å². The molecule has 0 spiro atoms. The van der Waals surface area contributed by atoms with Crippen molar-refractivity contribution in [3.05, 3.63) is 59.3 Å². The van der Waals surface area contributed by atoms with E-state index in [-0.39, 0.29) is 30.7 Å². The van der Waals surface area contributed by atoms with Crippen LogP contribution in [0.4, 0.5) is 10.1 Å². The lowest BCUT2D eigenvalue weighted by Gasteiger charge is -2.11. The molecule has 4 rings (SSSR count). The van der Waals surface area contributed by atoms with E-state index >= 15 is 0 Å². The number of carboxylic acids is 1. The molecule has 0 aliphatic carbocycles. The number of ether oxygens (including phenoxy) is 1. The number of H-pyrrole nitrogens is 1. The smallest absolute Gasteiger partial charge is 0.303 e. The Kier molecular flexibility index (Phi) is 5.60. The SMILES string of the molecule is [C-]#[N+]c1cc(-c2nc(-c3ccc(F)c4c(CCC(=O)O)c[nH]c34)no2)ccc1OC(C)C. The molecule has 0 amide bonds. The Labute approximate surface area is 182 Å². The molecule has 0 bridgehead atoms. The van der Waals surface area contributed by atoms with Gasteiger partial charge in [-0.05, 0) is 56.2 Å². The topological polar surface area (TPSA) is 106 Å². The number of aryl methyl sites for hydroxylation is 1. The third-order valence-electron chi connectivity index (χ3n) is 4.83. The first-order chi connectivity index (χ1) is 15.4. The Balaban J connectivity index is 1.71. The molecule has 0 aliphatic rings. The Morgan fingerprint density at radius 2 is 2.16 bits per heavy atom. The molecule has 0 saturated carbocycles. The van der Waals surface area contributed by atoms with Gasteiger partial charge in [0, 0.05) is 29.1 Å². The maximum absolute atomic E-state index is 14.5. The van der Waals surface area contributed by atoms with Gasteiger partial charge in [0.2, 0.25) is 11.5 Å². The first-order valence-electron chi connectivity index (χ1n) is 9.90. The molecule has 0 aliphatic heterocycles. The van der Waals surface area contributed by atoms with Crippen LogP contribution < -0.4 is 4.74 Å². The summed E-state index contributed by atoms with van der Waals surface area (Å²) in [6.07, 6.45) is 1.61. The van der Waals surface area contributed by atoms with Crippen LogP contribution in [0.2, 0.25) is 0 Å². The summed E-state index contributed by atoms with van der Waals surface area (Å²) in [5, 5.41) is 13.3. The van der Waals surface area contributed by atoms with Crippen molar-refractivity contribution in [2.45, 2.75) is 32.8 Å². The van der Waals surface area contributed by atoms with E-state index < -0.39 is 11.8 Å². The quantitative estimate of drug-likeness (QED) is 0.378. The molecule has 8 nitrogen and oxygen atoms in total. The van der Waals surface area contributed by atoms with Gasteiger partial charge in [0.05, 0.1) is 18.2 Å². The third kappa shape index (κ3) is 4.03. The lowest BCUT2D eigenvalue weighted by atomic mass is 10.0. The monoisotopic (exact) mass is 434 g/mol. The zero-order valence-corrected chi connectivity index (χ0v) is 17.3. The lowest BCUT2D eigenvalue weighted by Crippen LogP contribution is -2.05. The third-order valence-corrected chi connectivity index (χ3v) is 4.83. The number of halogens is 1. The molecule has 2 aromatic heterocycles. The summed E-state index contributed by atoms with van der Waals surface area (Å²) >= 11 is 0. The summed E-state index contributed by atoms with van der Waals surface area (Å²) in [5.74, 6) is -0.502. The van der Waals surface area contributed by atoms with Crippen molar-refractivity contribution in [1.29, 1.82) is 0 Å². The molecule has 0 saturated heterocycles. The van der Waals surface area contributed by atoms with Crippen LogP contribution in [0.1, 0.15) is 25.8 Å². The molecule has 2 aromatic carbocycles. The van der Waals surface area contributed by atoms with Gasteiger partial charge in [0.1, 0.15) is 11.6 Å². The van der Waals surface area contributed by atoms with Gasteiger partial charge in [0.15, 0.2) is 0 Å². The molecule has 2 N–H and O–H groups in total. The molecule has 0 unspecified atom stereocenters. The number of nitrogens with one attached hydrogen (secondary N) is 1. The van der Waals surface area contributed by atoms with E-state index in [1.54, 1.807) is 24.4 Å². The Morgan fingerprint density at radius 1 is 1.34 bits per heavy atom. The van der Waals surface area contributed by atoms with Gasteiger partial charge < -0.3 is 19.4 Å². The van der Waals surface area contributed by atoms with Gasteiger partial charge in [-0.3, -0.25) is 4.79 Å². The van der Waals surface area contributed by atoms with E-state index in [1.807, 2.05) is 13.8 Å². The van der Waals surface area contributed by atoms with Crippen LogP contribution in [0.15, 0.2) is 41.1 Å². The van der Waals surface area contributed by atoms with Crippen LogP contribution in [0.25, 0.3) is 38.6 Å². The standard InChI is InChI=1S/C23H19FN4O4/c1-12(2)31-18-8-4-13(10-17(18)25-3)23-27-22(28-32-23)15-6-7-16(24)20-14(5-9-19(29)30)11-26-21(15)20/h4,6-8,10-12,26H,5,9H2,1-2H3,(H,29,30). The molecule has 32 heavy (non-hydrogen) atoms. The van der Waals surface area contributed by atoms with Crippen LogP contribution in [0, 0.1) is 12.4 Å². The highest BCUT2D eigenvalue weighted by molar-refractivity contribution is 5.95. The molecule has 0 radical (unpaired) electrons. The fraction of sp³-hybridized carbons (Fsp3) is 0.217. The minimum absolute atomic E-state index is 0.0709. The maximum atomic E-state index is 14.5. The minimum atomic E-state index is -0.956. The molecular formula is C23H19FN4O4. The first kappa shape index (κ1) is 21.1. The number of fused-ring (bicyclic) bond motifs is 1. The first-order valence-corrected chi connectivity index (χ1v) is 9.90. The van der Waals surface area contributed by atoms with Crippen molar-refractivity contribution >= 4 is 22.6 Å². The number of aliphatic carboxylic acids is 1. The fourth-order valence-corrected chi connectivity index (χ4v) is 3.44. The van der Waals surface area contributed by atoms with Crippen LogP contribution in [-0.4, -0.2) is 32.3 Å². The van der Waals surface area contributed by atoms with Gasteiger partial charge >= 0.3 is 5.97 Å². The van der Waals surface area contributed by atoms with E-state index in [0.717, 1.165) is 0 Å². The highest BCUT2D eigenvalue weighted by Crippen LogP contribution is 2.35. The van der Waals surface area contributed by atoms with Gasteiger partial charge in [0.25, 0.3) is 5.89 Å². The summed E-state index contributed by atoms with van der Waals surface area (Å²) < 4.78 is 25.6. The largest absolute Gasteiger partial charge is 0.502 e. The fourth-order valence-electron chi connectivity index (χ4n) is 3.44. The van der Waals surface area contributed by atoms with Gasteiger partial charge in [-0.15, -0.1) is 0 Å². The van der Waals surface area contributed by atoms with Crippen LogP contribution in [0.3, 0.4) is 0 Å². The van der Waals surface area contributed by atoms with Crippen LogP contribution in [-0.2, 0) is 11.2 Å². The maximum Gasteiger partial charge on any atom is 0.303 e. The van der Waals surface area contributed by atoms with Gasteiger partial charge in [-0.25, -0.2) is 9.24 Å². The van der Waals surface area contributed by atoms with Crippen molar-refractivity contribution < 1.29 is 23.6 Å². The summed E-state index contributed by atoms with van der Waals surface area (Å²) in [4.78, 5) is 21.8. The number of carboxylic acid groups (broad SMARTS) is 1. The second-order valence-electron chi connectivity index (χ2n) is 7.44. The summed E-state index contributed by atoms with van der Waals surface area (Å²) in [6, 6.07) is 7.85.